The normalized spacial score (nSPS) is 11.8. The maximum Gasteiger partial charge on any atom is 0.0885 e. The first-order valence-electron chi connectivity index (χ1n) is 14.0. The van der Waals surface area contributed by atoms with E-state index in [0.29, 0.717) is 0 Å². The van der Waals surface area contributed by atoms with Gasteiger partial charge in [-0.1, -0.05) is 91.0 Å². The first-order valence-corrected chi connectivity index (χ1v) is 15.6. The van der Waals surface area contributed by atoms with Crippen molar-refractivity contribution in [3.8, 4) is 33.6 Å². The van der Waals surface area contributed by atoms with Crippen LogP contribution in [0.1, 0.15) is 0 Å². The lowest BCUT2D eigenvalue weighted by atomic mass is 10.0. The van der Waals surface area contributed by atoms with Gasteiger partial charge in [-0.3, -0.25) is 9.97 Å². The van der Waals surface area contributed by atoms with Gasteiger partial charge in [-0.25, -0.2) is 0 Å². The van der Waals surface area contributed by atoms with E-state index in [9.17, 15) is 0 Å². The molecule has 0 aliphatic carbocycles. The highest BCUT2D eigenvalue weighted by Gasteiger charge is 2.14. The Hall–Kier alpha value is -4.90. The second-order valence-corrected chi connectivity index (χ2v) is 12.8. The summed E-state index contributed by atoms with van der Waals surface area (Å²) in [5.74, 6) is 0. The zero-order valence-electron chi connectivity index (χ0n) is 22.4. The summed E-state index contributed by atoms with van der Waals surface area (Å²) >= 11 is 3.82. The molecule has 0 bridgehead atoms. The molecule has 3 aromatic heterocycles. The largest absolute Gasteiger partial charge is 0.252 e. The van der Waals surface area contributed by atoms with E-state index in [0.717, 1.165) is 22.5 Å². The third-order valence-corrected chi connectivity index (χ3v) is 10.6. The molecule has 0 N–H and O–H groups in total. The van der Waals surface area contributed by atoms with Crippen molar-refractivity contribution in [3.63, 3.8) is 0 Å². The number of fused-ring (bicyclic) bond motifs is 7. The van der Waals surface area contributed by atoms with Crippen LogP contribution in [-0.4, -0.2) is 9.97 Å². The fourth-order valence-electron chi connectivity index (χ4n) is 5.94. The molecule has 9 rings (SSSR count). The predicted molar refractivity (Wildman–Crippen MR) is 182 cm³/mol. The summed E-state index contributed by atoms with van der Waals surface area (Å²) in [6, 6.07) is 43.6. The van der Waals surface area contributed by atoms with Gasteiger partial charge in [0.2, 0.25) is 0 Å². The Labute approximate surface area is 250 Å². The fourth-order valence-corrected chi connectivity index (χ4v) is 8.63. The monoisotopic (exact) mass is 570 g/mol. The van der Waals surface area contributed by atoms with E-state index in [1.54, 1.807) is 0 Å². The molecule has 0 aliphatic rings. The molecule has 9 aromatic rings. The van der Waals surface area contributed by atoms with Crippen LogP contribution in [0.4, 0.5) is 0 Å². The van der Waals surface area contributed by atoms with Crippen LogP contribution < -0.4 is 0 Å². The second-order valence-electron chi connectivity index (χ2n) is 10.7. The Morgan fingerprint density at radius 1 is 0.381 bits per heavy atom. The zero-order chi connectivity index (χ0) is 27.6. The molecule has 0 unspecified atom stereocenters. The second kappa shape index (κ2) is 9.31. The van der Waals surface area contributed by atoms with Crippen molar-refractivity contribution in [1.29, 1.82) is 0 Å². The minimum absolute atomic E-state index is 0.875. The van der Waals surface area contributed by atoms with E-state index in [2.05, 4.69) is 115 Å². The van der Waals surface area contributed by atoms with Crippen molar-refractivity contribution in [1.82, 2.24) is 9.97 Å². The minimum Gasteiger partial charge on any atom is -0.252 e. The highest BCUT2D eigenvalue weighted by molar-refractivity contribution is 7.36. The van der Waals surface area contributed by atoms with Crippen molar-refractivity contribution in [3.05, 3.63) is 134 Å². The van der Waals surface area contributed by atoms with Gasteiger partial charge in [0.25, 0.3) is 0 Å². The standard InChI is InChI=1S/C38H22N2S2/c1-2-6-23(7-3-1)24-10-12-25(13-11-24)33-21-40-34(22-39-33)29-15-14-28-18-32-36(20-30(28)16-29)42-37-31-17-26-8-4-5-9-27(26)19-35(31)41-38(32)37/h1-22H. The predicted octanol–water partition coefficient (Wildman–Crippen LogP) is 11.4. The van der Waals surface area contributed by atoms with Gasteiger partial charge >= 0.3 is 0 Å². The molecule has 0 atom stereocenters. The summed E-state index contributed by atoms with van der Waals surface area (Å²) in [6.45, 7) is 0. The van der Waals surface area contributed by atoms with Crippen LogP contribution in [0, 0.1) is 0 Å². The molecule has 0 saturated carbocycles. The first kappa shape index (κ1) is 23.8. The lowest BCUT2D eigenvalue weighted by Gasteiger charge is -2.07. The van der Waals surface area contributed by atoms with Gasteiger partial charge in [0.15, 0.2) is 0 Å². The summed E-state index contributed by atoms with van der Waals surface area (Å²) in [5.41, 5.74) is 6.31. The van der Waals surface area contributed by atoms with E-state index in [1.807, 2.05) is 41.1 Å². The van der Waals surface area contributed by atoms with E-state index < -0.39 is 0 Å². The van der Waals surface area contributed by atoms with Crippen molar-refractivity contribution < 1.29 is 0 Å². The van der Waals surface area contributed by atoms with E-state index in [4.69, 9.17) is 9.97 Å². The van der Waals surface area contributed by atoms with E-state index in [-0.39, 0.29) is 0 Å². The molecule has 0 aliphatic heterocycles. The van der Waals surface area contributed by atoms with Gasteiger partial charge in [0.05, 0.1) is 33.2 Å². The Morgan fingerprint density at radius 2 is 0.881 bits per heavy atom. The van der Waals surface area contributed by atoms with Crippen LogP contribution >= 0.6 is 22.7 Å². The molecule has 3 heterocycles. The lowest BCUT2D eigenvalue weighted by molar-refractivity contribution is 1.21. The van der Waals surface area contributed by atoms with Crippen LogP contribution in [0.5, 0.6) is 0 Å². The van der Waals surface area contributed by atoms with Crippen LogP contribution in [0.3, 0.4) is 0 Å². The minimum atomic E-state index is 0.875. The maximum atomic E-state index is 4.80. The summed E-state index contributed by atoms with van der Waals surface area (Å²) in [4.78, 5) is 9.57. The number of hydrogen-bond acceptors (Lipinski definition) is 4. The van der Waals surface area contributed by atoms with E-state index in [1.165, 1.54) is 62.2 Å². The first-order chi connectivity index (χ1) is 20.8. The van der Waals surface area contributed by atoms with Crippen molar-refractivity contribution in [2.45, 2.75) is 0 Å². The number of hydrogen-bond donors (Lipinski definition) is 0. The molecular formula is C38H22N2S2. The van der Waals surface area contributed by atoms with Gasteiger partial charge < -0.3 is 0 Å². The number of rotatable bonds is 3. The third-order valence-electron chi connectivity index (χ3n) is 8.14. The van der Waals surface area contributed by atoms with Crippen LogP contribution in [0.15, 0.2) is 134 Å². The summed E-state index contributed by atoms with van der Waals surface area (Å²) in [5, 5.41) is 7.79. The molecule has 196 valence electrons. The van der Waals surface area contributed by atoms with Gasteiger partial charge in [-0.2, -0.15) is 0 Å². The number of nitrogens with zero attached hydrogens (tertiary/aromatic N) is 2. The van der Waals surface area contributed by atoms with Gasteiger partial charge in [0.1, 0.15) is 0 Å². The highest BCUT2D eigenvalue weighted by Crippen LogP contribution is 2.46. The van der Waals surface area contributed by atoms with Crippen molar-refractivity contribution >= 4 is 73.8 Å². The van der Waals surface area contributed by atoms with Gasteiger partial charge in [-0.05, 0) is 63.0 Å². The van der Waals surface area contributed by atoms with Crippen molar-refractivity contribution in [2.75, 3.05) is 0 Å². The van der Waals surface area contributed by atoms with Crippen LogP contribution in [0.25, 0.3) is 84.8 Å². The molecule has 0 radical (unpaired) electrons. The van der Waals surface area contributed by atoms with Gasteiger partial charge in [0, 0.05) is 31.3 Å². The van der Waals surface area contributed by atoms with Gasteiger partial charge in [-0.15, -0.1) is 22.7 Å². The SMILES string of the molecule is c1ccc(-c2ccc(-c3cnc(-c4ccc5cc6c(cc5c4)sc4c5cc7ccccc7cc5sc64)cn3)cc2)cc1. The topological polar surface area (TPSA) is 25.8 Å². The third kappa shape index (κ3) is 3.84. The molecule has 42 heavy (non-hydrogen) atoms. The number of benzene rings is 6. The van der Waals surface area contributed by atoms with Crippen LogP contribution in [-0.2, 0) is 0 Å². The highest BCUT2D eigenvalue weighted by atomic mass is 32.1. The maximum absolute atomic E-state index is 4.80. The zero-order valence-corrected chi connectivity index (χ0v) is 24.0. The fraction of sp³-hybridized carbons (Fsp3) is 0. The summed E-state index contributed by atoms with van der Waals surface area (Å²) in [7, 11) is 0. The molecule has 0 amide bonds. The Balaban J connectivity index is 1.06. The Kier molecular flexibility index (Phi) is 5.27. The van der Waals surface area contributed by atoms with Crippen molar-refractivity contribution in [2.24, 2.45) is 0 Å². The lowest BCUT2D eigenvalue weighted by Crippen LogP contribution is -1.90. The smallest absolute Gasteiger partial charge is 0.0885 e. The molecular weight excluding hydrogens is 549 g/mol. The molecule has 0 spiro atoms. The Morgan fingerprint density at radius 3 is 1.55 bits per heavy atom. The molecule has 6 aromatic carbocycles. The number of thiophene rings is 2. The summed E-state index contributed by atoms with van der Waals surface area (Å²) < 4.78 is 5.48. The molecule has 0 saturated heterocycles. The molecule has 0 fully saturated rings. The Bertz CT molecular complexity index is 2440. The average Bonchev–Trinajstić information content (AvgIpc) is 3.58. The molecule has 4 heteroatoms. The quantitative estimate of drug-likeness (QED) is 0.211. The van der Waals surface area contributed by atoms with Crippen LogP contribution in [0.2, 0.25) is 0 Å². The van der Waals surface area contributed by atoms with E-state index >= 15 is 0 Å². The molecule has 2 nitrogen and oxygen atoms in total. The average molecular weight is 571 g/mol. The number of aromatic nitrogens is 2. The summed E-state index contributed by atoms with van der Waals surface area (Å²) in [6.07, 6.45) is 3.76.